The van der Waals surface area contributed by atoms with Gasteiger partial charge < -0.3 is 64.4 Å². The lowest BCUT2D eigenvalue weighted by Crippen LogP contribution is -2.64. The van der Waals surface area contributed by atoms with Crippen molar-refractivity contribution in [3.05, 3.63) is 0 Å². The number of Topliss-reactive ketones (excluding diaryl/α,β-unsaturated/α-hetero) is 2. The van der Waals surface area contributed by atoms with Crippen LogP contribution < -0.4 is 10.6 Å². The number of amides is 10. The first-order valence-electron chi connectivity index (χ1n) is 37.3. The summed E-state index contributed by atoms with van der Waals surface area (Å²) in [7, 11) is 13.4. The van der Waals surface area contributed by atoms with Gasteiger partial charge in [0.05, 0.1) is 31.5 Å². The van der Waals surface area contributed by atoms with Crippen LogP contribution in [-0.2, 0) is 67.0 Å². The summed E-state index contributed by atoms with van der Waals surface area (Å²) >= 11 is 0. The van der Waals surface area contributed by atoms with Crippen molar-refractivity contribution in [2.24, 2.45) is 47.3 Å². The van der Waals surface area contributed by atoms with Crippen molar-refractivity contribution in [1.82, 2.24) is 54.7 Å². The van der Waals surface area contributed by atoms with Gasteiger partial charge >= 0.3 is 0 Å². The third-order valence-corrected chi connectivity index (χ3v) is 20.5. The van der Waals surface area contributed by atoms with Crippen LogP contribution in [0.2, 0.25) is 0 Å². The molecule has 2 aliphatic rings. The molecule has 0 aliphatic carbocycles. The molecule has 101 heavy (non-hydrogen) atoms. The average molecular weight is 1430 g/mol. The molecule has 2 rings (SSSR count). The lowest BCUT2D eigenvalue weighted by Gasteiger charge is -2.41. The minimum atomic E-state index is -1.67. The molecular formula is C75H135N11O15. The molecule has 0 unspecified atom stereocenters. The Morgan fingerprint density at radius 2 is 1.04 bits per heavy atom. The number of ketones is 2. The summed E-state index contributed by atoms with van der Waals surface area (Å²) in [5.41, 5.74) is 0. The van der Waals surface area contributed by atoms with Crippen LogP contribution >= 0.6 is 0 Å². The normalized spacial score (nSPS) is 26.7. The molecule has 2 aliphatic heterocycles. The van der Waals surface area contributed by atoms with Crippen LogP contribution in [0.1, 0.15) is 194 Å². The highest BCUT2D eigenvalue weighted by atomic mass is 16.5. The van der Waals surface area contributed by atoms with Crippen molar-refractivity contribution < 1.29 is 72.1 Å². The summed E-state index contributed by atoms with van der Waals surface area (Å²) in [6.07, 6.45) is 1.18. The van der Waals surface area contributed by atoms with Crippen molar-refractivity contribution in [3.8, 4) is 0 Å². The van der Waals surface area contributed by atoms with Crippen LogP contribution in [0.15, 0.2) is 0 Å². The van der Waals surface area contributed by atoms with Crippen molar-refractivity contribution >= 4 is 70.6 Å². The van der Waals surface area contributed by atoms with Gasteiger partial charge in [-0.1, -0.05) is 103 Å². The van der Waals surface area contributed by atoms with Crippen LogP contribution in [-0.4, -0.2) is 289 Å². The third-order valence-electron chi connectivity index (χ3n) is 20.5. The minimum absolute atomic E-state index is 0.0159. The first-order valence-corrected chi connectivity index (χ1v) is 37.3. The summed E-state index contributed by atoms with van der Waals surface area (Å²) in [5.74, 6) is -11.1. The van der Waals surface area contributed by atoms with Crippen LogP contribution in [0.3, 0.4) is 0 Å². The molecule has 0 bridgehead atoms. The van der Waals surface area contributed by atoms with Crippen molar-refractivity contribution in [3.63, 3.8) is 0 Å². The predicted octanol–water partition coefficient (Wildman–Crippen LogP) is 5.38. The average Bonchev–Trinajstić information content (AvgIpc) is 0.808. The third kappa shape index (κ3) is 26.8. The lowest BCUT2D eigenvalue weighted by atomic mass is 9.85. The van der Waals surface area contributed by atoms with E-state index in [1.165, 1.54) is 97.5 Å². The Hall–Kier alpha value is -6.12. The Bertz CT molecular complexity index is 2720. The first kappa shape index (κ1) is 91.0. The van der Waals surface area contributed by atoms with Gasteiger partial charge in [0, 0.05) is 114 Å². The number of carbonyl (C=O) groups is 12. The molecule has 10 amide bonds. The van der Waals surface area contributed by atoms with E-state index in [9.17, 15) is 29.1 Å². The van der Waals surface area contributed by atoms with Gasteiger partial charge in [-0.2, -0.15) is 0 Å². The Balaban J connectivity index is 3.02. The standard InChI is InChI=1S/C75H135N11O15/c1-26-56-72(96)79(19)53(15)70(94)84(24)64(54(16)101-37-31-30-34-86-35-38-100-39-36-86)61(88)44-55(48(8)9)71(95)80(20)57(40-45(2)3)60(87)43-51(13)67(91)76-52(14)69(93)81(21)58(41-46(4)5)73(97)82(22)59(42-47(6)7)74(98)83(23)63(49(10)11)75(99)85(25)65(68(92)77-56)66(90)50(12)32-28-27-29-33-62(89)78(17)18/h45-59,63-66,90H,26-44H2,1-25H3,(H,76,91)(H,77,92)/t50-,51-,52-,53-,54-,55+,56+,57+,58+,59+,63+,64+,65+,66-/m1/s1. The van der Waals surface area contributed by atoms with Crippen molar-refractivity contribution in [2.75, 3.05) is 103 Å². The fraction of sp³-hybridized carbons (Fsp3) is 0.840. The molecule has 2 heterocycles. The zero-order valence-electron chi connectivity index (χ0n) is 66.6. The molecule has 26 heteroatoms. The van der Waals surface area contributed by atoms with E-state index in [0.717, 1.165) is 31.0 Å². The fourth-order valence-corrected chi connectivity index (χ4v) is 13.7. The SMILES string of the molecule is CC[C@@H]1NC(=O)[C@H]([C@H](O)[C@H](C)CCCCCC(=O)N(C)C)N(C)C(=O)[C@H](C(C)C)N(C)C(=O)[C@H](CC(C)C)N(C)C(=O)[C@H](CC(C)C)N(C)C(=O)[C@@H](C)NC(=O)[C@H](C)CC(=O)[C@H](CC(C)C)N(C)C(=O)[C@H](C(C)C)CC(=O)[C@H]([C@@H](C)OCCCCN2CCOCC2)N(C)C(=O)[C@@H](C)N(C)C1=O. The van der Waals surface area contributed by atoms with Crippen molar-refractivity contribution in [1.29, 1.82) is 0 Å². The molecule has 0 spiro atoms. The molecule has 2 fully saturated rings. The highest BCUT2D eigenvalue weighted by Gasteiger charge is 2.47. The Morgan fingerprint density at radius 1 is 0.535 bits per heavy atom. The van der Waals surface area contributed by atoms with E-state index in [1.54, 1.807) is 69.5 Å². The maximum Gasteiger partial charge on any atom is 0.246 e. The van der Waals surface area contributed by atoms with Gasteiger partial charge in [0.2, 0.25) is 59.1 Å². The molecule has 0 radical (unpaired) electrons. The molecule has 0 aromatic rings. The van der Waals surface area contributed by atoms with Crippen LogP contribution in [0, 0.1) is 47.3 Å². The molecule has 3 N–H and O–H groups in total. The highest BCUT2D eigenvalue weighted by molar-refractivity contribution is 6.00. The van der Waals surface area contributed by atoms with Crippen LogP contribution in [0.4, 0.5) is 0 Å². The number of carbonyl (C=O) groups excluding carboxylic acids is 12. The number of nitrogens with zero attached hydrogens (tertiary/aromatic N) is 9. The summed E-state index contributed by atoms with van der Waals surface area (Å²) in [4.78, 5) is 190. The zero-order chi connectivity index (χ0) is 77.4. The predicted molar refractivity (Wildman–Crippen MR) is 390 cm³/mol. The smallest absolute Gasteiger partial charge is 0.246 e. The van der Waals surface area contributed by atoms with Crippen molar-refractivity contribution in [2.45, 2.75) is 261 Å². The second kappa shape index (κ2) is 43.2. The van der Waals surface area contributed by atoms with Crippen LogP contribution in [0.25, 0.3) is 0 Å². The highest BCUT2D eigenvalue weighted by Crippen LogP contribution is 2.29. The summed E-state index contributed by atoms with van der Waals surface area (Å²) in [6.45, 7) is 31.9. The first-order chi connectivity index (χ1) is 47.0. The maximum atomic E-state index is 15.5. The number of aliphatic hydroxyl groups excluding tert-OH is 1. The van der Waals surface area contributed by atoms with E-state index in [4.69, 9.17) is 9.47 Å². The van der Waals surface area contributed by atoms with Crippen LogP contribution in [0.5, 0.6) is 0 Å². The number of rotatable bonds is 24. The topological polar surface area (TPSA) is 297 Å². The van der Waals surface area contributed by atoms with Gasteiger partial charge in [0.25, 0.3) is 0 Å². The monoisotopic (exact) mass is 1430 g/mol. The minimum Gasteiger partial charge on any atom is -0.390 e. The summed E-state index contributed by atoms with van der Waals surface area (Å²) in [5, 5.41) is 18.1. The Morgan fingerprint density at radius 3 is 1.55 bits per heavy atom. The molecule has 0 saturated carbocycles. The molecule has 2 saturated heterocycles. The van der Waals surface area contributed by atoms with E-state index in [-0.39, 0.29) is 68.8 Å². The van der Waals surface area contributed by atoms with E-state index in [1.807, 2.05) is 41.5 Å². The maximum absolute atomic E-state index is 15.5. The molecule has 0 aromatic carbocycles. The molecular weight excluding hydrogens is 1290 g/mol. The zero-order valence-corrected chi connectivity index (χ0v) is 66.6. The Labute approximate surface area is 606 Å². The van der Waals surface area contributed by atoms with E-state index >= 15 is 33.6 Å². The number of ether oxygens (including phenoxy) is 2. The lowest BCUT2D eigenvalue weighted by molar-refractivity contribution is -0.157. The number of nitrogens with one attached hydrogen (secondary N) is 2. The second-order valence-corrected chi connectivity index (χ2v) is 31.2. The van der Waals surface area contributed by atoms with Gasteiger partial charge in [-0.05, 0) is 114 Å². The second-order valence-electron chi connectivity index (χ2n) is 31.2. The number of hydrogen-bond acceptors (Lipinski definition) is 16. The fourth-order valence-electron chi connectivity index (χ4n) is 13.7. The summed E-state index contributed by atoms with van der Waals surface area (Å²) < 4.78 is 11.9. The van der Waals surface area contributed by atoms with E-state index in [2.05, 4.69) is 15.5 Å². The quantitative estimate of drug-likeness (QED) is 0.102. The van der Waals surface area contributed by atoms with E-state index < -0.39 is 161 Å². The number of likely N-dealkylation sites (N-methyl/N-ethyl adjacent to an activating group) is 7. The van der Waals surface area contributed by atoms with Gasteiger partial charge in [0.15, 0.2) is 11.6 Å². The summed E-state index contributed by atoms with van der Waals surface area (Å²) in [6, 6.07) is -11.4. The molecule has 580 valence electrons. The molecule has 26 nitrogen and oxygen atoms in total. The largest absolute Gasteiger partial charge is 0.390 e. The number of hydrogen-bond donors (Lipinski definition) is 3. The molecule has 0 aromatic heterocycles. The number of morpholine rings is 1. The van der Waals surface area contributed by atoms with Gasteiger partial charge in [-0.3, -0.25) is 62.4 Å². The van der Waals surface area contributed by atoms with Gasteiger partial charge in [-0.25, -0.2) is 0 Å². The number of aliphatic hydroxyl groups is 1. The van der Waals surface area contributed by atoms with Gasteiger partial charge in [-0.15, -0.1) is 0 Å². The van der Waals surface area contributed by atoms with E-state index in [0.29, 0.717) is 51.7 Å². The number of unbranched alkanes of at least 4 members (excludes halogenated alkanes) is 3. The Kier molecular flexibility index (Phi) is 38.9. The van der Waals surface area contributed by atoms with Gasteiger partial charge in [0.1, 0.15) is 48.3 Å². The molecule has 14 atom stereocenters.